The minimum absolute atomic E-state index is 0.294. The van der Waals surface area contributed by atoms with Gasteiger partial charge in [0.05, 0.1) is 5.38 Å². The van der Waals surface area contributed by atoms with Crippen LogP contribution in [0.5, 0.6) is 0 Å². The SMILES string of the molecule is CC(C)(C)[Si](C)(C)OC1CCc2csc[n+]21. The number of fused-ring (bicyclic) bond motifs is 1. The van der Waals surface area contributed by atoms with E-state index in [1.165, 1.54) is 12.1 Å². The van der Waals surface area contributed by atoms with Crippen molar-refractivity contribution < 1.29 is 8.99 Å². The van der Waals surface area contributed by atoms with Crippen LogP contribution in [0.2, 0.25) is 18.1 Å². The quantitative estimate of drug-likeness (QED) is 0.583. The Hall–Kier alpha value is -0.193. The molecule has 0 N–H and O–H groups in total. The molecule has 4 heteroatoms. The Balaban J connectivity index is 2.13. The molecule has 1 aliphatic heterocycles. The summed E-state index contributed by atoms with van der Waals surface area (Å²) in [4.78, 5) is 0. The summed E-state index contributed by atoms with van der Waals surface area (Å²) in [7, 11) is -1.63. The molecule has 1 aromatic rings. The van der Waals surface area contributed by atoms with Crippen LogP contribution in [0.4, 0.5) is 0 Å². The third-order valence-corrected chi connectivity index (χ3v) is 9.14. The summed E-state index contributed by atoms with van der Waals surface area (Å²) in [6.45, 7) is 11.6. The fourth-order valence-electron chi connectivity index (χ4n) is 1.79. The van der Waals surface area contributed by atoms with Crippen LogP contribution >= 0.6 is 11.3 Å². The van der Waals surface area contributed by atoms with E-state index in [1.807, 2.05) is 0 Å². The zero-order chi connectivity index (χ0) is 12.0. The lowest BCUT2D eigenvalue weighted by Crippen LogP contribution is -2.48. The van der Waals surface area contributed by atoms with Gasteiger partial charge in [0.2, 0.25) is 13.8 Å². The first-order valence-corrected chi connectivity index (χ1v) is 9.80. The second kappa shape index (κ2) is 3.93. The number of thiazole rings is 1. The van der Waals surface area contributed by atoms with Crippen molar-refractivity contribution in [3.63, 3.8) is 0 Å². The van der Waals surface area contributed by atoms with Gasteiger partial charge in [-0.3, -0.25) is 0 Å². The third kappa shape index (κ3) is 2.10. The summed E-state index contributed by atoms with van der Waals surface area (Å²) in [6.07, 6.45) is 2.61. The van der Waals surface area contributed by atoms with Crippen LogP contribution in [0, 0.1) is 0 Å². The highest BCUT2D eigenvalue weighted by atomic mass is 32.1. The van der Waals surface area contributed by atoms with Crippen molar-refractivity contribution in [2.45, 2.75) is 58.0 Å². The Kier molecular flexibility index (Phi) is 3.01. The van der Waals surface area contributed by atoms with E-state index in [9.17, 15) is 0 Å². The standard InChI is InChI=1S/C12H22NOSSi/c1-12(2,3)16(4,5)14-11-7-6-10-8-15-9-13(10)11/h8-9,11H,6-7H2,1-5H3/q+1. The zero-order valence-corrected chi connectivity index (χ0v) is 12.7. The summed E-state index contributed by atoms with van der Waals surface area (Å²) in [5, 5.41) is 2.54. The van der Waals surface area contributed by atoms with E-state index < -0.39 is 8.32 Å². The van der Waals surface area contributed by atoms with E-state index in [4.69, 9.17) is 4.43 Å². The zero-order valence-electron chi connectivity index (χ0n) is 10.9. The molecule has 16 heavy (non-hydrogen) atoms. The first kappa shape index (κ1) is 12.3. The average molecular weight is 256 g/mol. The maximum atomic E-state index is 6.46. The molecule has 2 heterocycles. The van der Waals surface area contributed by atoms with Gasteiger partial charge in [-0.15, -0.1) is 0 Å². The molecule has 0 aliphatic carbocycles. The molecule has 2 rings (SSSR count). The van der Waals surface area contributed by atoms with Crippen LogP contribution < -0.4 is 4.57 Å². The molecular formula is C12H22NOSSi+. The molecule has 0 bridgehead atoms. The fourth-order valence-corrected chi connectivity index (χ4v) is 3.91. The molecule has 0 aromatic carbocycles. The number of aryl methyl sites for hydroxylation is 1. The van der Waals surface area contributed by atoms with E-state index in [1.54, 1.807) is 11.3 Å². The van der Waals surface area contributed by atoms with Crippen molar-refractivity contribution in [1.29, 1.82) is 0 Å². The van der Waals surface area contributed by atoms with Crippen molar-refractivity contribution in [3.05, 3.63) is 16.6 Å². The van der Waals surface area contributed by atoms with Crippen LogP contribution in [-0.2, 0) is 10.8 Å². The van der Waals surface area contributed by atoms with Crippen molar-refractivity contribution >= 4 is 19.7 Å². The smallest absolute Gasteiger partial charge is 0.255 e. The van der Waals surface area contributed by atoms with Crippen LogP contribution in [0.25, 0.3) is 0 Å². The summed E-state index contributed by atoms with van der Waals surface area (Å²) in [5.41, 5.74) is 3.63. The van der Waals surface area contributed by atoms with Crippen molar-refractivity contribution in [2.75, 3.05) is 0 Å². The molecule has 0 amide bonds. The van der Waals surface area contributed by atoms with Crippen molar-refractivity contribution in [3.8, 4) is 0 Å². The molecule has 0 saturated heterocycles. The molecule has 0 saturated carbocycles. The van der Waals surface area contributed by atoms with Gasteiger partial charge in [0, 0.05) is 12.8 Å². The van der Waals surface area contributed by atoms with E-state index in [0.717, 1.165) is 6.42 Å². The molecular weight excluding hydrogens is 234 g/mol. The third-order valence-electron chi connectivity index (χ3n) is 3.90. The molecule has 1 unspecified atom stereocenters. The molecule has 0 radical (unpaired) electrons. The van der Waals surface area contributed by atoms with Crippen LogP contribution in [0.1, 0.15) is 39.1 Å². The second-order valence-electron chi connectivity index (χ2n) is 6.13. The molecule has 1 aliphatic rings. The number of aromatic nitrogens is 1. The van der Waals surface area contributed by atoms with Gasteiger partial charge < -0.3 is 4.43 Å². The Morgan fingerprint density at radius 3 is 2.75 bits per heavy atom. The molecule has 0 fully saturated rings. The summed E-state index contributed by atoms with van der Waals surface area (Å²) < 4.78 is 8.78. The molecule has 2 nitrogen and oxygen atoms in total. The van der Waals surface area contributed by atoms with Gasteiger partial charge in [-0.05, 0) is 18.1 Å². The van der Waals surface area contributed by atoms with Gasteiger partial charge in [-0.2, -0.15) is 4.57 Å². The normalized spacial score (nSPS) is 21.2. The highest BCUT2D eigenvalue weighted by molar-refractivity contribution is 7.07. The van der Waals surface area contributed by atoms with Gasteiger partial charge in [-0.1, -0.05) is 32.1 Å². The minimum Gasteiger partial charge on any atom is -0.362 e. The molecule has 90 valence electrons. The molecule has 0 spiro atoms. The Bertz CT molecular complexity index is 381. The summed E-state index contributed by atoms with van der Waals surface area (Å²) in [6, 6.07) is 0. The van der Waals surface area contributed by atoms with E-state index >= 15 is 0 Å². The van der Waals surface area contributed by atoms with Crippen LogP contribution in [0.3, 0.4) is 0 Å². The lowest BCUT2D eigenvalue weighted by atomic mass is 10.2. The number of nitrogens with zero attached hydrogens (tertiary/aromatic N) is 1. The lowest BCUT2D eigenvalue weighted by Gasteiger charge is -2.36. The largest absolute Gasteiger partial charge is 0.362 e. The van der Waals surface area contributed by atoms with E-state index in [2.05, 4.69) is 49.3 Å². The summed E-state index contributed by atoms with van der Waals surface area (Å²) in [5.74, 6) is 0. The topological polar surface area (TPSA) is 13.1 Å². The second-order valence-corrected chi connectivity index (χ2v) is 11.6. The molecule has 1 aromatic heterocycles. The highest BCUT2D eigenvalue weighted by Crippen LogP contribution is 2.39. The van der Waals surface area contributed by atoms with Crippen molar-refractivity contribution in [1.82, 2.24) is 0 Å². The van der Waals surface area contributed by atoms with Gasteiger partial charge in [0.1, 0.15) is 0 Å². The highest BCUT2D eigenvalue weighted by Gasteiger charge is 2.43. The monoisotopic (exact) mass is 256 g/mol. The Labute approximate surface area is 103 Å². The van der Waals surface area contributed by atoms with Crippen molar-refractivity contribution in [2.24, 2.45) is 0 Å². The minimum atomic E-state index is -1.63. The van der Waals surface area contributed by atoms with E-state index in [-0.39, 0.29) is 0 Å². The maximum Gasteiger partial charge on any atom is 0.255 e. The Morgan fingerprint density at radius 2 is 2.12 bits per heavy atom. The van der Waals surface area contributed by atoms with Crippen LogP contribution in [-0.4, -0.2) is 8.32 Å². The molecule has 1 atom stereocenters. The fraction of sp³-hybridized carbons (Fsp3) is 0.750. The first-order valence-electron chi connectivity index (χ1n) is 5.95. The predicted molar refractivity (Wildman–Crippen MR) is 70.2 cm³/mol. The predicted octanol–water partition coefficient (Wildman–Crippen LogP) is 3.50. The first-order chi connectivity index (χ1) is 7.31. The van der Waals surface area contributed by atoms with E-state index in [0.29, 0.717) is 11.3 Å². The van der Waals surface area contributed by atoms with Crippen LogP contribution in [0.15, 0.2) is 10.9 Å². The lowest BCUT2D eigenvalue weighted by molar-refractivity contribution is -0.744. The number of hydrogen-bond donors (Lipinski definition) is 0. The number of hydrogen-bond acceptors (Lipinski definition) is 2. The number of rotatable bonds is 2. The van der Waals surface area contributed by atoms with Gasteiger partial charge in [0.15, 0.2) is 5.69 Å². The van der Waals surface area contributed by atoms with Gasteiger partial charge in [-0.25, -0.2) is 0 Å². The Morgan fingerprint density at radius 1 is 1.44 bits per heavy atom. The van der Waals surface area contributed by atoms with Gasteiger partial charge in [0.25, 0.3) is 6.23 Å². The maximum absolute atomic E-state index is 6.46. The van der Waals surface area contributed by atoms with Gasteiger partial charge >= 0.3 is 0 Å². The average Bonchev–Trinajstić information content (AvgIpc) is 2.67. The summed E-state index contributed by atoms with van der Waals surface area (Å²) >= 11 is 1.78.